The Labute approximate surface area is 111 Å². The lowest BCUT2D eigenvalue weighted by atomic mass is 9.81. The third kappa shape index (κ3) is 3.81. The largest absolute Gasteiger partial charge is 0.316 e. The van der Waals surface area contributed by atoms with E-state index in [0.29, 0.717) is 5.92 Å². The van der Waals surface area contributed by atoms with E-state index in [0.717, 1.165) is 19.0 Å². The van der Waals surface area contributed by atoms with Gasteiger partial charge in [-0.1, -0.05) is 32.6 Å². The van der Waals surface area contributed by atoms with E-state index in [-0.39, 0.29) is 0 Å². The summed E-state index contributed by atoms with van der Waals surface area (Å²) in [5.74, 6) is 1.53. The summed E-state index contributed by atoms with van der Waals surface area (Å²) in [5, 5.41) is 3.54. The lowest BCUT2D eigenvalue weighted by molar-refractivity contribution is 0.363. The third-order valence-corrected chi connectivity index (χ3v) is 4.22. The topological polar surface area (TPSA) is 24.9 Å². The SMILES string of the molecule is CCNCC(c1ccncc1)C1CCCCCC1. The van der Waals surface area contributed by atoms with E-state index in [9.17, 15) is 0 Å². The van der Waals surface area contributed by atoms with E-state index in [1.54, 1.807) is 0 Å². The zero-order valence-electron chi connectivity index (χ0n) is 11.6. The quantitative estimate of drug-likeness (QED) is 0.800. The van der Waals surface area contributed by atoms with Crippen LogP contribution in [-0.4, -0.2) is 18.1 Å². The molecular formula is C16H26N2. The van der Waals surface area contributed by atoms with Crippen molar-refractivity contribution in [1.29, 1.82) is 0 Å². The summed E-state index contributed by atoms with van der Waals surface area (Å²) in [6, 6.07) is 4.40. The molecule has 1 saturated carbocycles. The van der Waals surface area contributed by atoms with E-state index in [2.05, 4.69) is 29.4 Å². The van der Waals surface area contributed by atoms with Crippen molar-refractivity contribution in [2.75, 3.05) is 13.1 Å². The first-order valence-corrected chi connectivity index (χ1v) is 7.52. The number of pyridine rings is 1. The van der Waals surface area contributed by atoms with Crippen molar-refractivity contribution in [3.05, 3.63) is 30.1 Å². The molecule has 2 heteroatoms. The highest BCUT2D eigenvalue weighted by Gasteiger charge is 2.23. The Morgan fingerprint density at radius 2 is 1.83 bits per heavy atom. The van der Waals surface area contributed by atoms with Crippen molar-refractivity contribution in [2.24, 2.45) is 5.92 Å². The standard InChI is InChI=1S/C16H26N2/c1-2-17-13-16(15-9-11-18-12-10-15)14-7-5-3-4-6-8-14/h9-12,14,16-17H,2-8,13H2,1H3. The van der Waals surface area contributed by atoms with Crippen molar-refractivity contribution < 1.29 is 0 Å². The van der Waals surface area contributed by atoms with Crippen molar-refractivity contribution >= 4 is 0 Å². The highest BCUT2D eigenvalue weighted by atomic mass is 14.8. The minimum absolute atomic E-state index is 0.672. The molecule has 0 amide bonds. The number of aromatic nitrogens is 1. The lowest BCUT2D eigenvalue weighted by Gasteiger charge is -2.27. The molecule has 2 rings (SSSR count). The van der Waals surface area contributed by atoms with Gasteiger partial charge in [0, 0.05) is 18.9 Å². The first-order valence-electron chi connectivity index (χ1n) is 7.52. The van der Waals surface area contributed by atoms with Crippen LogP contribution in [0.25, 0.3) is 0 Å². The number of hydrogen-bond donors (Lipinski definition) is 1. The zero-order chi connectivity index (χ0) is 12.6. The van der Waals surface area contributed by atoms with Gasteiger partial charge in [0.15, 0.2) is 0 Å². The molecule has 100 valence electrons. The van der Waals surface area contributed by atoms with Gasteiger partial charge in [-0.3, -0.25) is 4.98 Å². The Hall–Kier alpha value is -0.890. The summed E-state index contributed by atoms with van der Waals surface area (Å²) in [4.78, 5) is 4.15. The molecule has 1 aromatic rings. The first kappa shape index (κ1) is 13.5. The Balaban J connectivity index is 2.08. The van der Waals surface area contributed by atoms with Crippen LogP contribution in [0.2, 0.25) is 0 Å². The molecule has 1 fully saturated rings. The lowest BCUT2D eigenvalue weighted by Crippen LogP contribution is -2.26. The Morgan fingerprint density at radius 3 is 2.44 bits per heavy atom. The number of nitrogens with zero attached hydrogens (tertiary/aromatic N) is 1. The zero-order valence-corrected chi connectivity index (χ0v) is 11.6. The second kappa shape index (κ2) is 7.52. The van der Waals surface area contributed by atoms with E-state index >= 15 is 0 Å². The Bertz CT molecular complexity index is 315. The van der Waals surface area contributed by atoms with Gasteiger partial charge < -0.3 is 5.32 Å². The molecule has 1 heterocycles. The summed E-state index contributed by atoms with van der Waals surface area (Å²) < 4.78 is 0. The average Bonchev–Trinajstić information content (AvgIpc) is 2.70. The van der Waals surface area contributed by atoms with Crippen LogP contribution in [0, 0.1) is 5.92 Å². The summed E-state index contributed by atoms with van der Waals surface area (Å²) in [6.45, 7) is 4.37. The molecule has 1 unspecified atom stereocenters. The van der Waals surface area contributed by atoms with Crippen LogP contribution in [0.15, 0.2) is 24.5 Å². The van der Waals surface area contributed by atoms with Crippen LogP contribution in [0.5, 0.6) is 0 Å². The summed E-state index contributed by atoms with van der Waals surface area (Å²) in [5.41, 5.74) is 1.47. The van der Waals surface area contributed by atoms with Gasteiger partial charge in [-0.25, -0.2) is 0 Å². The summed E-state index contributed by atoms with van der Waals surface area (Å²) in [6.07, 6.45) is 12.4. The van der Waals surface area contributed by atoms with Crippen LogP contribution < -0.4 is 5.32 Å². The van der Waals surface area contributed by atoms with Crippen molar-refractivity contribution in [3.63, 3.8) is 0 Å². The number of nitrogens with one attached hydrogen (secondary N) is 1. The van der Waals surface area contributed by atoms with Gasteiger partial charge in [-0.05, 0) is 48.9 Å². The van der Waals surface area contributed by atoms with Crippen LogP contribution in [-0.2, 0) is 0 Å². The molecule has 0 aromatic carbocycles. The van der Waals surface area contributed by atoms with Gasteiger partial charge in [0.2, 0.25) is 0 Å². The van der Waals surface area contributed by atoms with Crippen molar-refractivity contribution in [2.45, 2.75) is 51.4 Å². The number of rotatable bonds is 5. The average molecular weight is 246 g/mol. The van der Waals surface area contributed by atoms with Crippen molar-refractivity contribution in [1.82, 2.24) is 10.3 Å². The van der Waals surface area contributed by atoms with Crippen LogP contribution >= 0.6 is 0 Å². The van der Waals surface area contributed by atoms with Crippen LogP contribution in [0.1, 0.15) is 56.9 Å². The molecule has 0 spiro atoms. The Kier molecular flexibility index (Phi) is 5.66. The molecule has 0 radical (unpaired) electrons. The van der Waals surface area contributed by atoms with E-state index in [4.69, 9.17) is 0 Å². The number of likely N-dealkylation sites (N-methyl/N-ethyl adjacent to an activating group) is 1. The molecule has 1 aliphatic carbocycles. The Morgan fingerprint density at radius 1 is 1.17 bits per heavy atom. The molecule has 1 N–H and O–H groups in total. The molecule has 0 aliphatic heterocycles. The molecule has 18 heavy (non-hydrogen) atoms. The van der Waals surface area contributed by atoms with Gasteiger partial charge >= 0.3 is 0 Å². The molecule has 1 aromatic heterocycles. The van der Waals surface area contributed by atoms with Gasteiger partial charge in [0.05, 0.1) is 0 Å². The molecule has 0 bridgehead atoms. The predicted molar refractivity (Wildman–Crippen MR) is 76.7 cm³/mol. The van der Waals surface area contributed by atoms with Crippen LogP contribution in [0.4, 0.5) is 0 Å². The van der Waals surface area contributed by atoms with Gasteiger partial charge in [-0.2, -0.15) is 0 Å². The van der Waals surface area contributed by atoms with Gasteiger partial charge in [0.25, 0.3) is 0 Å². The maximum Gasteiger partial charge on any atom is 0.0270 e. The second-order valence-corrected chi connectivity index (χ2v) is 5.45. The monoisotopic (exact) mass is 246 g/mol. The van der Waals surface area contributed by atoms with E-state index in [1.165, 1.54) is 44.1 Å². The van der Waals surface area contributed by atoms with E-state index < -0.39 is 0 Å². The highest BCUT2D eigenvalue weighted by molar-refractivity contribution is 5.17. The fraction of sp³-hybridized carbons (Fsp3) is 0.688. The van der Waals surface area contributed by atoms with Gasteiger partial charge in [0.1, 0.15) is 0 Å². The molecule has 1 aliphatic rings. The minimum atomic E-state index is 0.672. The summed E-state index contributed by atoms with van der Waals surface area (Å²) in [7, 11) is 0. The maximum atomic E-state index is 4.15. The second-order valence-electron chi connectivity index (χ2n) is 5.45. The molecular weight excluding hydrogens is 220 g/mol. The normalized spacial score (nSPS) is 19.4. The van der Waals surface area contributed by atoms with Gasteiger partial charge in [-0.15, -0.1) is 0 Å². The molecule has 1 atom stereocenters. The summed E-state index contributed by atoms with van der Waals surface area (Å²) >= 11 is 0. The molecule has 0 saturated heterocycles. The molecule has 2 nitrogen and oxygen atoms in total. The minimum Gasteiger partial charge on any atom is -0.316 e. The van der Waals surface area contributed by atoms with Crippen LogP contribution in [0.3, 0.4) is 0 Å². The first-order chi connectivity index (χ1) is 8.92. The fourth-order valence-corrected chi connectivity index (χ4v) is 3.18. The predicted octanol–water partition coefficient (Wildman–Crippen LogP) is 3.75. The highest BCUT2D eigenvalue weighted by Crippen LogP contribution is 2.34. The third-order valence-electron chi connectivity index (χ3n) is 4.22. The fourth-order valence-electron chi connectivity index (χ4n) is 3.18. The number of hydrogen-bond acceptors (Lipinski definition) is 2. The van der Waals surface area contributed by atoms with Crippen molar-refractivity contribution in [3.8, 4) is 0 Å². The smallest absolute Gasteiger partial charge is 0.0270 e. The van der Waals surface area contributed by atoms with E-state index in [1.807, 2.05) is 12.4 Å². The maximum absolute atomic E-state index is 4.15.